The maximum absolute atomic E-state index is 9.32. The number of rotatable bonds is 4. The highest BCUT2D eigenvalue weighted by atomic mass is 35.5. The van der Waals surface area contributed by atoms with Gasteiger partial charge < -0.3 is 10.4 Å². The number of aromatic nitrogens is 3. The molecule has 2 rings (SSSR count). The summed E-state index contributed by atoms with van der Waals surface area (Å²) in [5.41, 5.74) is 3.35. The lowest BCUT2D eigenvalue weighted by molar-refractivity contribution is 0.189. The zero-order valence-corrected chi connectivity index (χ0v) is 13.6. The third kappa shape index (κ3) is 4.48. The number of halogens is 1. The molecule has 0 spiro atoms. The van der Waals surface area contributed by atoms with Crippen LogP contribution in [0.1, 0.15) is 30.2 Å². The van der Waals surface area contributed by atoms with Gasteiger partial charge in [-0.1, -0.05) is 23.4 Å². The van der Waals surface area contributed by atoms with E-state index in [0.717, 1.165) is 22.5 Å². The lowest BCUT2D eigenvalue weighted by Crippen LogP contribution is -2.10. The Kier molecular flexibility index (Phi) is 5.42. The first-order valence-corrected chi connectivity index (χ1v) is 7.43. The quantitative estimate of drug-likeness (QED) is 0.671. The fourth-order valence-corrected chi connectivity index (χ4v) is 2.11. The van der Waals surface area contributed by atoms with Gasteiger partial charge in [-0.25, -0.2) is 4.98 Å². The fraction of sp³-hybridized carbons (Fsp3) is 0.375. The number of aliphatic hydroxyl groups is 1. The van der Waals surface area contributed by atoms with Crippen LogP contribution in [0.15, 0.2) is 18.5 Å². The molecular formula is C16H19ClN4O. The van der Waals surface area contributed by atoms with Gasteiger partial charge in [0.15, 0.2) is 0 Å². The van der Waals surface area contributed by atoms with Crippen LogP contribution in [-0.4, -0.2) is 32.5 Å². The zero-order valence-electron chi connectivity index (χ0n) is 12.9. The summed E-state index contributed by atoms with van der Waals surface area (Å²) in [5.74, 6) is 6.20. The van der Waals surface area contributed by atoms with Crippen LogP contribution in [0, 0.1) is 18.8 Å². The Hall–Kier alpha value is -2.03. The Morgan fingerprint density at radius 3 is 2.77 bits per heavy atom. The molecule has 0 aliphatic rings. The minimum Gasteiger partial charge on any atom is -0.393 e. The maximum atomic E-state index is 9.32. The number of aliphatic hydroxyl groups excluding tert-OH is 1. The largest absolute Gasteiger partial charge is 0.393 e. The van der Waals surface area contributed by atoms with E-state index < -0.39 is 0 Å². The summed E-state index contributed by atoms with van der Waals surface area (Å²) in [4.78, 5) is 4.08. The van der Waals surface area contributed by atoms with E-state index in [2.05, 4.69) is 27.2 Å². The molecule has 0 amide bonds. The van der Waals surface area contributed by atoms with Crippen LogP contribution in [-0.2, 0) is 7.05 Å². The van der Waals surface area contributed by atoms with Crippen molar-refractivity contribution in [2.75, 3.05) is 11.9 Å². The summed E-state index contributed by atoms with van der Waals surface area (Å²) in [6.45, 7) is 4.32. The Labute approximate surface area is 135 Å². The highest BCUT2D eigenvalue weighted by Gasteiger charge is 2.04. The molecule has 0 aromatic carbocycles. The standard InChI is InChI=1S/C16H19ClN4O/c1-11(22)6-7-18-15-8-16(17)19-9-13(15)4-5-14-10-21(3)20-12(14)2/h8-11,22H,6-7H2,1-3H3,(H,18,19)/t11-/m0/s1. The topological polar surface area (TPSA) is 63.0 Å². The van der Waals surface area contributed by atoms with Crippen molar-refractivity contribution in [3.8, 4) is 11.8 Å². The molecule has 0 saturated carbocycles. The molecule has 1 atom stereocenters. The SMILES string of the molecule is Cc1nn(C)cc1C#Cc1cnc(Cl)cc1NCC[C@H](C)O. The minimum atomic E-state index is -0.350. The molecule has 2 heterocycles. The highest BCUT2D eigenvalue weighted by molar-refractivity contribution is 6.29. The van der Waals surface area contributed by atoms with Gasteiger partial charge in [0.1, 0.15) is 5.15 Å². The van der Waals surface area contributed by atoms with Gasteiger partial charge in [-0.05, 0) is 26.3 Å². The van der Waals surface area contributed by atoms with Gasteiger partial charge in [0.25, 0.3) is 0 Å². The summed E-state index contributed by atoms with van der Waals surface area (Å²) in [5, 5.41) is 17.2. The van der Waals surface area contributed by atoms with Crippen molar-refractivity contribution in [1.82, 2.24) is 14.8 Å². The van der Waals surface area contributed by atoms with Gasteiger partial charge in [0, 0.05) is 26.0 Å². The molecule has 0 radical (unpaired) electrons. The molecule has 0 aliphatic carbocycles. The predicted molar refractivity (Wildman–Crippen MR) is 88.0 cm³/mol. The first-order chi connectivity index (χ1) is 10.5. The Morgan fingerprint density at radius 1 is 1.41 bits per heavy atom. The first kappa shape index (κ1) is 16.3. The van der Waals surface area contributed by atoms with E-state index in [4.69, 9.17) is 11.6 Å². The summed E-state index contributed by atoms with van der Waals surface area (Å²) in [6.07, 6.45) is 3.82. The molecule has 2 aromatic heterocycles. The molecule has 2 aromatic rings. The summed E-state index contributed by atoms with van der Waals surface area (Å²) >= 11 is 5.94. The average Bonchev–Trinajstić information content (AvgIpc) is 2.75. The fourth-order valence-electron chi connectivity index (χ4n) is 1.95. The molecule has 5 nitrogen and oxygen atoms in total. The normalized spacial score (nSPS) is 11.7. The van der Waals surface area contributed by atoms with Crippen molar-refractivity contribution in [1.29, 1.82) is 0 Å². The van der Waals surface area contributed by atoms with Crippen LogP contribution < -0.4 is 5.32 Å². The van der Waals surface area contributed by atoms with E-state index in [9.17, 15) is 5.11 Å². The van der Waals surface area contributed by atoms with Crippen molar-refractivity contribution < 1.29 is 5.11 Å². The number of aryl methyl sites for hydroxylation is 2. The second-order valence-electron chi connectivity index (χ2n) is 5.17. The lowest BCUT2D eigenvalue weighted by atomic mass is 10.2. The molecule has 0 saturated heterocycles. The number of pyridine rings is 1. The van der Waals surface area contributed by atoms with Gasteiger partial charge >= 0.3 is 0 Å². The van der Waals surface area contributed by atoms with Crippen LogP contribution in [0.5, 0.6) is 0 Å². The molecule has 0 aliphatic heterocycles. The number of anilines is 1. The van der Waals surface area contributed by atoms with Gasteiger partial charge in [-0.15, -0.1) is 0 Å². The van der Waals surface area contributed by atoms with Crippen molar-refractivity contribution in [3.05, 3.63) is 40.4 Å². The summed E-state index contributed by atoms with van der Waals surface area (Å²) < 4.78 is 1.74. The van der Waals surface area contributed by atoms with E-state index in [-0.39, 0.29) is 6.10 Å². The van der Waals surface area contributed by atoms with E-state index in [0.29, 0.717) is 18.1 Å². The second-order valence-corrected chi connectivity index (χ2v) is 5.56. The van der Waals surface area contributed by atoms with Gasteiger partial charge in [-0.3, -0.25) is 4.68 Å². The van der Waals surface area contributed by atoms with Crippen LogP contribution in [0.4, 0.5) is 5.69 Å². The van der Waals surface area contributed by atoms with Crippen LogP contribution in [0.3, 0.4) is 0 Å². The minimum absolute atomic E-state index is 0.350. The van der Waals surface area contributed by atoms with Gasteiger partial charge in [0.2, 0.25) is 0 Å². The molecular weight excluding hydrogens is 300 g/mol. The highest BCUT2D eigenvalue weighted by Crippen LogP contribution is 2.18. The summed E-state index contributed by atoms with van der Waals surface area (Å²) in [6, 6.07) is 1.74. The van der Waals surface area contributed by atoms with Crippen LogP contribution >= 0.6 is 11.6 Å². The Balaban J connectivity index is 2.22. The van der Waals surface area contributed by atoms with Crippen molar-refractivity contribution in [2.45, 2.75) is 26.4 Å². The van der Waals surface area contributed by atoms with E-state index in [1.165, 1.54) is 0 Å². The molecule has 0 bridgehead atoms. The lowest BCUT2D eigenvalue weighted by Gasteiger charge is -2.09. The average molecular weight is 319 g/mol. The third-order valence-electron chi connectivity index (χ3n) is 3.09. The number of hydrogen-bond donors (Lipinski definition) is 2. The van der Waals surface area contributed by atoms with Gasteiger partial charge in [0.05, 0.1) is 28.6 Å². The van der Waals surface area contributed by atoms with Gasteiger partial charge in [-0.2, -0.15) is 5.10 Å². The second kappa shape index (κ2) is 7.30. The Morgan fingerprint density at radius 2 is 2.14 bits per heavy atom. The van der Waals surface area contributed by atoms with Crippen LogP contribution in [0.25, 0.3) is 0 Å². The van der Waals surface area contributed by atoms with Crippen molar-refractivity contribution >= 4 is 17.3 Å². The number of nitrogens with zero attached hydrogens (tertiary/aromatic N) is 3. The number of hydrogen-bond acceptors (Lipinski definition) is 4. The monoisotopic (exact) mass is 318 g/mol. The Bertz CT molecular complexity index is 713. The molecule has 22 heavy (non-hydrogen) atoms. The smallest absolute Gasteiger partial charge is 0.131 e. The first-order valence-electron chi connectivity index (χ1n) is 7.05. The third-order valence-corrected chi connectivity index (χ3v) is 3.30. The molecule has 6 heteroatoms. The van der Waals surface area contributed by atoms with E-state index in [1.54, 1.807) is 23.9 Å². The zero-order chi connectivity index (χ0) is 16.1. The maximum Gasteiger partial charge on any atom is 0.131 e. The van der Waals surface area contributed by atoms with E-state index in [1.807, 2.05) is 20.2 Å². The van der Waals surface area contributed by atoms with Crippen molar-refractivity contribution in [2.24, 2.45) is 7.05 Å². The molecule has 0 fully saturated rings. The molecule has 0 unspecified atom stereocenters. The van der Waals surface area contributed by atoms with Crippen LogP contribution in [0.2, 0.25) is 5.15 Å². The predicted octanol–water partition coefficient (Wildman–Crippen LogP) is 2.36. The molecule has 2 N–H and O–H groups in total. The summed E-state index contributed by atoms with van der Waals surface area (Å²) in [7, 11) is 1.87. The van der Waals surface area contributed by atoms with E-state index >= 15 is 0 Å². The molecule has 116 valence electrons. The van der Waals surface area contributed by atoms with Crippen molar-refractivity contribution in [3.63, 3.8) is 0 Å². The number of nitrogens with one attached hydrogen (secondary N) is 1.